The lowest BCUT2D eigenvalue weighted by Gasteiger charge is -2.40. The van der Waals surface area contributed by atoms with Crippen LogP contribution in [0.25, 0.3) is 0 Å². The first kappa shape index (κ1) is 24.1. The SMILES string of the molecule is CC(C)c1coc(C2CC(c3ccc(C(F)(F)F)cc3)CN(C(=O)N3CCC(C#N)CC3)C2)n1. The second-order valence-corrected chi connectivity index (χ2v) is 9.59. The highest BCUT2D eigenvalue weighted by Crippen LogP contribution is 2.38. The van der Waals surface area contributed by atoms with Crippen LogP contribution in [-0.2, 0) is 6.18 Å². The summed E-state index contributed by atoms with van der Waals surface area (Å²) in [6.07, 6.45) is -0.820. The highest BCUT2D eigenvalue weighted by molar-refractivity contribution is 5.75. The Bertz CT molecular complexity index is 1030. The minimum atomic E-state index is -4.39. The van der Waals surface area contributed by atoms with Gasteiger partial charge in [-0.15, -0.1) is 0 Å². The number of hydrogen-bond donors (Lipinski definition) is 0. The summed E-state index contributed by atoms with van der Waals surface area (Å²) in [5.74, 6) is 0.428. The van der Waals surface area contributed by atoms with Crippen LogP contribution in [0.1, 0.15) is 73.6 Å². The van der Waals surface area contributed by atoms with Crippen molar-refractivity contribution in [3.8, 4) is 6.07 Å². The number of benzene rings is 1. The second-order valence-electron chi connectivity index (χ2n) is 9.59. The molecule has 3 heterocycles. The number of oxazole rings is 1. The van der Waals surface area contributed by atoms with E-state index in [2.05, 4.69) is 11.1 Å². The molecule has 9 heteroatoms. The maximum absolute atomic E-state index is 13.4. The largest absolute Gasteiger partial charge is 0.448 e. The van der Waals surface area contributed by atoms with Crippen LogP contribution in [0.2, 0.25) is 0 Å². The van der Waals surface area contributed by atoms with E-state index in [0.717, 1.165) is 23.4 Å². The number of rotatable bonds is 3. The molecule has 2 amide bonds. The Kier molecular flexibility index (Phi) is 6.87. The first-order valence-electron chi connectivity index (χ1n) is 11.7. The maximum Gasteiger partial charge on any atom is 0.416 e. The number of halogens is 3. The summed E-state index contributed by atoms with van der Waals surface area (Å²) < 4.78 is 44.9. The molecular formula is C25H29F3N4O2. The lowest BCUT2D eigenvalue weighted by molar-refractivity contribution is -0.137. The molecular weight excluding hydrogens is 445 g/mol. The van der Waals surface area contributed by atoms with Crippen LogP contribution in [0.4, 0.5) is 18.0 Å². The van der Waals surface area contributed by atoms with Crippen molar-refractivity contribution in [2.45, 2.75) is 57.0 Å². The number of carbonyl (C=O) groups excluding carboxylic acids is 1. The molecule has 2 aromatic rings. The van der Waals surface area contributed by atoms with E-state index in [1.54, 1.807) is 16.1 Å². The van der Waals surface area contributed by atoms with Crippen LogP contribution in [-0.4, -0.2) is 47.0 Å². The number of carbonyl (C=O) groups is 1. The molecule has 2 unspecified atom stereocenters. The number of likely N-dealkylation sites (tertiary alicyclic amines) is 2. The van der Waals surface area contributed by atoms with Crippen LogP contribution < -0.4 is 0 Å². The zero-order valence-corrected chi connectivity index (χ0v) is 19.4. The van der Waals surface area contributed by atoms with Crippen molar-refractivity contribution in [1.82, 2.24) is 14.8 Å². The summed E-state index contributed by atoms with van der Waals surface area (Å²) in [6, 6.07) is 7.38. The topological polar surface area (TPSA) is 73.4 Å². The number of hydrogen-bond acceptors (Lipinski definition) is 4. The number of amides is 2. The summed E-state index contributed by atoms with van der Waals surface area (Å²) in [5.41, 5.74) is 0.906. The predicted molar refractivity (Wildman–Crippen MR) is 119 cm³/mol. The molecule has 1 aromatic carbocycles. The molecule has 2 saturated heterocycles. The first-order chi connectivity index (χ1) is 16.2. The van der Waals surface area contributed by atoms with Crippen molar-refractivity contribution in [3.05, 3.63) is 53.2 Å². The number of aromatic nitrogens is 1. The minimum absolute atomic E-state index is 0.0279. The van der Waals surface area contributed by atoms with Gasteiger partial charge in [-0.25, -0.2) is 9.78 Å². The molecule has 2 fully saturated rings. The van der Waals surface area contributed by atoms with Gasteiger partial charge in [-0.3, -0.25) is 0 Å². The van der Waals surface area contributed by atoms with Crippen molar-refractivity contribution in [2.24, 2.45) is 5.92 Å². The predicted octanol–water partition coefficient (Wildman–Crippen LogP) is 5.75. The average molecular weight is 475 g/mol. The number of nitriles is 1. The van der Waals surface area contributed by atoms with Gasteiger partial charge in [0.15, 0.2) is 5.89 Å². The van der Waals surface area contributed by atoms with Crippen molar-refractivity contribution in [2.75, 3.05) is 26.2 Å². The normalized spacial score (nSPS) is 22.1. The molecule has 0 aliphatic carbocycles. The third-order valence-corrected chi connectivity index (χ3v) is 6.86. The Morgan fingerprint density at radius 3 is 2.32 bits per heavy atom. The lowest BCUT2D eigenvalue weighted by Crippen LogP contribution is -2.51. The van der Waals surface area contributed by atoms with Gasteiger partial charge in [0.1, 0.15) is 6.26 Å². The van der Waals surface area contributed by atoms with Gasteiger partial charge in [0.05, 0.1) is 23.2 Å². The molecule has 34 heavy (non-hydrogen) atoms. The van der Waals surface area contributed by atoms with Crippen LogP contribution in [0.15, 0.2) is 34.9 Å². The van der Waals surface area contributed by atoms with Crippen molar-refractivity contribution >= 4 is 6.03 Å². The van der Waals surface area contributed by atoms with Crippen LogP contribution in [0.3, 0.4) is 0 Å². The van der Waals surface area contributed by atoms with Crippen molar-refractivity contribution < 1.29 is 22.4 Å². The number of nitrogens with zero attached hydrogens (tertiary/aromatic N) is 4. The van der Waals surface area contributed by atoms with Gasteiger partial charge in [0.2, 0.25) is 0 Å². The third kappa shape index (κ3) is 5.21. The maximum atomic E-state index is 13.4. The molecule has 2 aliphatic heterocycles. The Hall–Kier alpha value is -3.02. The summed E-state index contributed by atoms with van der Waals surface area (Å²) in [6.45, 7) is 5.95. The van der Waals surface area contributed by atoms with Crippen molar-refractivity contribution in [1.29, 1.82) is 5.26 Å². The fourth-order valence-corrected chi connectivity index (χ4v) is 4.77. The molecule has 0 bridgehead atoms. The van der Waals surface area contributed by atoms with E-state index in [4.69, 9.17) is 9.68 Å². The van der Waals surface area contributed by atoms with Gasteiger partial charge in [-0.1, -0.05) is 26.0 Å². The van der Waals surface area contributed by atoms with Crippen molar-refractivity contribution in [3.63, 3.8) is 0 Å². The smallest absolute Gasteiger partial charge is 0.416 e. The standard InChI is InChI=1S/C25H29F3N4O2/c1-16(2)22-15-34-23(30-22)20-11-19(18-3-5-21(6-4-18)25(26,27)28)13-32(14-20)24(33)31-9-7-17(12-29)8-10-31/h3-6,15-17,19-20H,7-11,13-14H2,1-2H3. The Morgan fingerprint density at radius 2 is 1.76 bits per heavy atom. The van der Waals surface area contributed by atoms with Gasteiger partial charge in [-0.05, 0) is 42.9 Å². The average Bonchev–Trinajstić information content (AvgIpc) is 3.34. The molecule has 0 spiro atoms. The summed E-state index contributed by atoms with van der Waals surface area (Å²) in [5, 5.41) is 9.15. The summed E-state index contributed by atoms with van der Waals surface area (Å²) in [4.78, 5) is 21.5. The van der Waals surface area contributed by atoms with E-state index in [1.165, 1.54) is 12.1 Å². The Morgan fingerprint density at radius 1 is 1.12 bits per heavy atom. The highest BCUT2D eigenvalue weighted by atomic mass is 19.4. The van der Waals surface area contributed by atoms with Gasteiger partial charge in [0.25, 0.3) is 0 Å². The van der Waals surface area contributed by atoms with Crippen LogP contribution in [0, 0.1) is 17.2 Å². The van der Waals surface area contributed by atoms with E-state index in [9.17, 15) is 18.0 Å². The zero-order valence-electron chi connectivity index (χ0n) is 19.4. The van der Waals surface area contributed by atoms with Gasteiger partial charge in [0, 0.05) is 38.0 Å². The van der Waals surface area contributed by atoms with Crippen LogP contribution in [0.5, 0.6) is 0 Å². The van der Waals surface area contributed by atoms with E-state index < -0.39 is 11.7 Å². The highest BCUT2D eigenvalue weighted by Gasteiger charge is 2.37. The fourth-order valence-electron chi connectivity index (χ4n) is 4.77. The summed E-state index contributed by atoms with van der Waals surface area (Å²) >= 11 is 0. The molecule has 182 valence electrons. The summed E-state index contributed by atoms with van der Waals surface area (Å²) in [7, 11) is 0. The van der Waals surface area contributed by atoms with E-state index in [0.29, 0.717) is 51.3 Å². The molecule has 6 nitrogen and oxygen atoms in total. The number of alkyl halides is 3. The monoisotopic (exact) mass is 474 g/mol. The lowest BCUT2D eigenvalue weighted by atomic mass is 9.84. The van der Waals surface area contributed by atoms with Crippen LogP contribution >= 0.6 is 0 Å². The molecule has 2 aliphatic rings. The van der Waals surface area contributed by atoms with Gasteiger partial charge in [-0.2, -0.15) is 18.4 Å². The van der Waals surface area contributed by atoms with E-state index in [1.807, 2.05) is 13.8 Å². The minimum Gasteiger partial charge on any atom is -0.448 e. The number of piperidine rings is 2. The molecule has 4 rings (SSSR count). The molecule has 1 aromatic heterocycles. The second kappa shape index (κ2) is 9.69. The number of urea groups is 1. The molecule has 0 N–H and O–H groups in total. The quantitative estimate of drug-likeness (QED) is 0.568. The first-order valence-corrected chi connectivity index (χ1v) is 11.7. The van der Waals surface area contributed by atoms with E-state index >= 15 is 0 Å². The fraction of sp³-hybridized carbons (Fsp3) is 0.560. The Balaban J connectivity index is 1.57. The molecule has 0 radical (unpaired) electrons. The van der Waals surface area contributed by atoms with Gasteiger partial charge < -0.3 is 14.2 Å². The molecule has 0 saturated carbocycles. The van der Waals surface area contributed by atoms with Gasteiger partial charge >= 0.3 is 12.2 Å². The Labute approximate surface area is 197 Å². The zero-order chi connectivity index (χ0) is 24.5. The third-order valence-electron chi connectivity index (χ3n) is 6.86. The molecule has 2 atom stereocenters. The van der Waals surface area contributed by atoms with E-state index in [-0.39, 0.29) is 29.7 Å².